The van der Waals surface area contributed by atoms with Crippen molar-refractivity contribution >= 4 is 23.2 Å². The van der Waals surface area contributed by atoms with Crippen molar-refractivity contribution in [3.05, 3.63) is 28.0 Å². The summed E-state index contributed by atoms with van der Waals surface area (Å²) in [5.74, 6) is 0.0905. The van der Waals surface area contributed by atoms with Crippen LogP contribution >= 0.6 is 23.2 Å². The Bertz CT molecular complexity index is 402. The predicted octanol–water partition coefficient (Wildman–Crippen LogP) is 3.48. The number of alkyl halides is 3. The van der Waals surface area contributed by atoms with E-state index >= 15 is 0 Å². The fraction of sp³-hybridized carbons (Fsp3) is 0.333. The highest BCUT2D eigenvalue weighted by molar-refractivity contribution is 6.31. The second kappa shape index (κ2) is 5.24. The van der Waals surface area contributed by atoms with Crippen LogP contribution in [0.4, 0.5) is 8.78 Å². The third-order valence-electron chi connectivity index (χ3n) is 1.77. The van der Waals surface area contributed by atoms with E-state index in [1.165, 1.54) is 6.07 Å². The maximum atomic E-state index is 12.4. The maximum absolute atomic E-state index is 12.4. The van der Waals surface area contributed by atoms with Crippen LogP contribution in [-0.2, 0) is 12.3 Å². The van der Waals surface area contributed by atoms with Crippen molar-refractivity contribution in [2.75, 3.05) is 0 Å². The molecule has 0 bridgehead atoms. The second-order valence-corrected chi connectivity index (χ2v) is 3.40. The number of hydrogen-bond acceptors (Lipinski definition) is 2. The van der Waals surface area contributed by atoms with Crippen LogP contribution < -0.4 is 0 Å². The van der Waals surface area contributed by atoms with Crippen LogP contribution in [0, 0.1) is 11.3 Å². The molecular weight excluding hydrogens is 245 g/mol. The first-order valence-electron chi connectivity index (χ1n) is 3.99. The molecule has 1 aromatic rings. The molecule has 0 saturated carbocycles. The standard InChI is InChI=1S/C9H6Cl2F2N2/c10-4-5-3-6(11)8(9(12)13)15-7(5)1-2-14/h3,9H,1,4H2. The molecule has 0 aliphatic heterocycles. The molecule has 1 aromatic heterocycles. The first-order valence-corrected chi connectivity index (χ1v) is 4.90. The van der Waals surface area contributed by atoms with E-state index in [9.17, 15) is 8.78 Å². The molecular formula is C9H6Cl2F2N2. The van der Waals surface area contributed by atoms with E-state index in [-0.39, 0.29) is 23.0 Å². The average Bonchev–Trinajstić information content (AvgIpc) is 2.20. The van der Waals surface area contributed by atoms with Gasteiger partial charge in [0.15, 0.2) is 0 Å². The Kier molecular flexibility index (Phi) is 4.25. The Morgan fingerprint density at radius 3 is 2.67 bits per heavy atom. The summed E-state index contributed by atoms with van der Waals surface area (Å²) in [4.78, 5) is 3.64. The van der Waals surface area contributed by atoms with E-state index in [2.05, 4.69) is 4.98 Å². The van der Waals surface area contributed by atoms with Gasteiger partial charge in [-0.3, -0.25) is 0 Å². The van der Waals surface area contributed by atoms with Gasteiger partial charge in [0, 0.05) is 5.88 Å². The van der Waals surface area contributed by atoms with Gasteiger partial charge in [0.25, 0.3) is 6.43 Å². The normalized spacial score (nSPS) is 10.4. The highest BCUT2D eigenvalue weighted by atomic mass is 35.5. The summed E-state index contributed by atoms with van der Waals surface area (Å²) in [7, 11) is 0. The molecule has 0 amide bonds. The number of aromatic nitrogens is 1. The summed E-state index contributed by atoms with van der Waals surface area (Å²) < 4.78 is 24.8. The van der Waals surface area contributed by atoms with E-state index < -0.39 is 12.1 Å². The van der Waals surface area contributed by atoms with E-state index in [1.54, 1.807) is 0 Å². The molecule has 1 rings (SSSR count). The van der Waals surface area contributed by atoms with Crippen molar-refractivity contribution in [3.63, 3.8) is 0 Å². The number of nitrogens with zero attached hydrogens (tertiary/aromatic N) is 2. The molecule has 0 N–H and O–H groups in total. The largest absolute Gasteiger partial charge is 0.281 e. The smallest absolute Gasteiger partial charge is 0.249 e. The predicted molar refractivity (Wildman–Crippen MR) is 53.1 cm³/mol. The fourth-order valence-corrected chi connectivity index (χ4v) is 1.57. The van der Waals surface area contributed by atoms with Crippen LogP contribution in [-0.4, -0.2) is 4.98 Å². The molecule has 0 spiro atoms. The van der Waals surface area contributed by atoms with Gasteiger partial charge in [0.05, 0.1) is 23.2 Å². The second-order valence-electron chi connectivity index (χ2n) is 2.73. The highest BCUT2D eigenvalue weighted by Gasteiger charge is 2.17. The highest BCUT2D eigenvalue weighted by Crippen LogP contribution is 2.27. The van der Waals surface area contributed by atoms with Crippen LogP contribution in [0.15, 0.2) is 6.07 Å². The molecule has 15 heavy (non-hydrogen) atoms. The van der Waals surface area contributed by atoms with E-state index in [4.69, 9.17) is 28.5 Å². The Hall–Kier alpha value is -0.920. The summed E-state index contributed by atoms with van der Waals surface area (Å²) >= 11 is 11.2. The molecule has 0 fully saturated rings. The number of pyridine rings is 1. The van der Waals surface area contributed by atoms with Gasteiger partial charge in [0.1, 0.15) is 5.69 Å². The molecule has 0 unspecified atom stereocenters. The first-order chi connectivity index (χ1) is 7.10. The maximum Gasteiger partial charge on any atom is 0.281 e. The lowest BCUT2D eigenvalue weighted by molar-refractivity contribution is 0.146. The zero-order chi connectivity index (χ0) is 11.4. The Morgan fingerprint density at radius 2 is 2.20 bits per heavy atom. The van der Waals surface area contributed by atoms with E-state index in [0.29, 0.717) is 5.56 Å². The van der Waals surface area contributed by atoms with Crippen LogP contribution in [0.25, 0.3) is 0 Å². The lowest BCUT2D eigenvalue weighted by Crippen LogP contribution is -2.01. The van der Waals surface area contributed by atoms with Gasteiger partial charge in [-0.2, -0.15) is 5.26 Å². The molecule has 0 atom stereocenters. The Balaban J connectivity index is 3.25. The molecule has 0 aliphatic carbocycles. The molecule has 0 saturated heterocycles. The molecule has 0 aliphatic rings. The topological polar surface area (TPSA) is 36.7 Å². The van der Waals surface area contributed by atoms with Crippen LogP contribution in [0.1, 0.15) is 23.4 Å². The number of nitriles is 1. The van der Waals surface area contributed by atoms with Gasteiger partial charge >= 0.3 is 0 Å². The third kappa shape index (κ3) is 2.77. The third-order valence-corrected chi connectivity index (χ3v) is 2.36. The molecule has 6 heteroatoms. The van der Waals surface area contributed by atoms with Gasteiger partial charge in [-0.25, -0.2) is 13.8 Å². The minimum Gasteiger partial charge on any atom is -0.249 e. The zero-order valence-corrected chi connectivity index (χ0v) is 8.99. The summed E-state index contributed by atoms with van der Waals surface area (Å²) in [6, 6.07) is 3.16. The minimum absolute atomic E-state index is 0.0566. The van der Waals surface area contributed by atoms with Gasteiger partial charge in [0.2, 0.25) is 0 Å². The zero-order valence-electron chi connectivity index (χ0n) is 7.48. The fourth-order valence-electron chi connectivity index (χ4n) is 1.08. The SMILES string of the molecule is N#CCc1nc(C(F)F)c(Cl)cc1CCl. The van der Waals surface area contributed by atoms with Crippen LogP contribution in [0.2, 0.25) is 5.02 Å². The molecule has 0 aromatic carbocycles. The van der Waals surface area contributed by atoms with Crippen LogP contribution in [0.3, 0.4) is 0 Å². The van der Waals surface area contributed by atoms with Gasteiger partial charge in [-0.05, 0) is 11.6 Å². The summed E-state index contributed by atoms with van der Waals surface area (Å²) in [6.07, 6.45) is -2.81. The first kappa shape index (κ1) is 12.2. The van der Waals surface area contributed by atoms with Crippen LogP contribution in [0.5, 0.6) is 0 Å². The van der Waals surface area contributed by atoms with Crippen molar-refractivity contribution < 1.29 is 8.78 Å². The van der Waals surface area contributed by atoms with E-state index in [1.807, 2.05) is 6.07 Å². The monoisotopic (exact) mass is 250 g/mol. The molecule has 1 heterocycles. The summed E-state index contributed by atoms with van der Waals surface area (Å²) in [6.45, 7) is 0. The Labute approximate surface area is 95.4 Å². The summed E-state index contributed by atoms with van der Waals surface area (Å²) in [5.41, 5.74) is 0.260. The number of hydrogen-bond donors (Lipinski definition) is 0. The average molecular weight is 251 g/mol. The van der Waals surface area contributed by atoms with Crippen molar-refractivity contribution in [2.45, 2.75) is 18.7 Å². The van der Waals surface area contributed by atoms with Crippen molar-refractivity contribution in [2.24, 2.45) is 0 Å². The minimum atomic E-state index is -2.75. The van der Waals surface area contributed by atoms with E-state index in [0.717, 1.165) is 0 Å². The summed E-state index contributed by atoms with van der Waals surface area (Å²) in [5, 5.41) is 8.36. The lowest BCUT2D eigenvalue weighted by Gasteiger charge is -2.08. The molecule has 2 nitrogen and oxygen atoms in total. The van der Waals surface area contributed by atoms with Crippen molar-refractivity contribution in [3.8, 4) is 6.07 Å². The lowest BCUT2D eigenvalue weighted by atomic mass is 10.1. The Morgan fingerprint density at radius 1 is 1.53 bits per heavy atom. The van der Waals surface area contributed by atoms with Gasteiger partial charge < -0.3 is 0 Å². The number of halogens is 4. The molecule has 0 radical (unpaired) electrons. The quantitative estimate of drug-likeness (QED) is 0.771. The number of rotatable bonds is 3. The molecule has 80 valence electrons. The van der Waals surface area contributed by atoms with Gasteiger partial charge in [-0.15, -0.1) is 11.6 Å². The van der Waals surface area contributed by atoms with Crippen molar-refractivity contribution in [1.29, 1.82) is 5.26 Å². The van der Waals surface area contributed by atoms with Gasteiger partial charge in [-0.1, -0.05) is 11.6 Å². The van der Waals surface area contributed by atoms with Crippen molar-refractivity contribution in [1.82, 2.24) is 4.98 Å².